The summed E-state index contributed by atoms with van der Waals surface area (Å²) in [5, 5.41) is 4.01. The minimum atomic E-state index is -5.26. The number of hydrogen-bond donors (Lipinski definition) is 3. The Labute approximate surface area is 165 Å². The number of carbonyl (C=O) groups excluding carboxylic acids is 1. The second-order valence-corrected chi connectivity index (χ2v) is 6.45. The summed E-state index contributed by atoms with van der Waals surface area (Å²) in [5.74, 6) is -2.63. The number of rotatable bonds is 4. The number of aromatic amines is 1. The highest BCUT2D eigenvalue weighted by Crippen LogP contribution is 2.46. The molecule has 0 spiro atoms. The van der Waals surface area contributed by atoms with Crippen LogP contribution in [-0.4, -0.2) is 31.6 Å². The van der Waals surface area contributed by atoms with E-state index in [1.807, 2.05) is 10.3 Å². The van der Waals surface area contributed by atoms with Gasteiger partial charge in [0.25, 0.3) is 17.0 Å². The number of aromatic nitrogens is 4. The third-order valence-corrected chi connectivity index (χ3v) is 4.62. The van der Waals surface area contributed by atoms with E-state index in [1.54, 1.807) is 30.3 Å². The Hall–Kier alpha value is -3.96. The van der Waals surface area contributed by atoms with E-state index in [-0.39, 0.29) is 6.54 Å². The van der Waals surface area contributed by atoms with Gasteiger partial charge in [0.1, 0.15) is 11.4 Å². The maximum absolute atomic E-state index is 14.3. The van der Waals surface area contributed by atoms with Gasteiger partial charge < -0.3 is 10.6 Å². The third kappa shape index (κ3) is 2.93. The fraction of sp³-hybridized carbons (Fsp3) is 0.167. The van der Waals surface area contributed by atoms with Crippen LogP contribution in [-0.2, 0) is 16.9 Å². The topological polar surface area (TPSA) is 122 Å². The van der Waals surface area contributed by atoms with Gasteiger partial charge in [-0.05, 0) is 11.6 Å². The van der Waals surface area contributed by atoms with Crippen LogP contribution in [0.5, 0.6) is 0 Å². The van der Waals surface area contributed by atoms with Gasteiger partial charge in [0.05, 0.1) is 6.54 Å². The highest BCUT2D eigenvalue weighted by Gasteiger charge is 2.68. The molecule has 4 rings (SSSR count). The van der Waals surface area contributed by atoms with Gasteiger partial charge in [-0.3, -0.25) is 19.1 Å². The molecule has 0 aliphatic carbocycles. The molecule has 1 amide bonds. The molecule has 0 radical (unpaired) electrons. The van der Waals surface area contributed by atoms with Gasteiger partial charge in [0.15, 0.2) is 0 Å². The molecule has 1 aromatic carbocycles. The molecule has 1 aliphatic heterocycles. The Morgan fingerprint density at radius 2 is 1.70 bits per heavy atom. The summed E-state index contributed by atoms with van der Waals surface area (Å²) in [5.41, 5.74) is -6.20. The summed E-state index contributed by atoms with van der Waals surface area (Å²) in [6, 6.07) is 9.75. The number of nitrogens with one attached hydrogen (secondary N) is 3. The van der Waals surface area contributed by atoms with Crippen LogP contribution in [0.4, 0.5) is 24.9 Å². The molecule has 12 heteroatoms. The lowest BCUT2D eigenvalue weighted by molar-refractivity contribution is -0.184. The molecule has 1 aliphatic rings. The van der Waals surface area contributed by atoms with Gasteiger partial charge in [-0.15, -0.1) is 0 Å². The summed E-state index contributed by atoms with van der Waals surface area (Å²) >= 11 is 0. The van der Waals surface area contributed by atoms with Gasteiger partial charge in [0, 0.05) is 12.4 Å². The van der Waals surface area contributed by atoms with E-state index in [9.17, 15) is 27.6 Å². The summed E-state index contributed by atoms with van der Waals surface area (Å²) in [4.78, 5) is 46.7. The largest absolute Gasteiger partial charge is 0.425 e. The fourth-order valence-electron chi connectivity index (χ4n) is 3.27. The Kier molecular flexibility index (Phi) is 4.41. The molecular weight excluding hydrogens is 405 g/mol. The van der Waals surface area contributed by atoms with Crippen molar-refractivity contribution >= 4 is 17.7 Å². The predicted molar refractivity (Wildman–Crippen MR) is 98.9 cm³/mol. The lowest BCUT2D eigenvalue weighted by atomic mass is 9.92. The summed E-state index contributed by atoms with van der Waals surface area (Å²) in [6.07, 6.45) is -2.91. The first-order chi connectivity index (χ1) is 14.2. The molecule has 3 N–H and O–H groups in total. The highest BCUT2D eigenvalue weighted by atomic mass is 19.4. The van der Waals surface area contributed by atoms with Crippen molar-refractivity contribution in [1.29, 1.82) is 0 Å². The highest BCUT2D eigenvalue weighted by molar-refractivity contribution is 6.07. The zero-order valence-corrected chi connectivity index (χ0v) is 15.0. The lowest BCUT2D eigenvalue weighted by Crippen LogP contribution is -2.56. The summed E-state index contributed by atoms with van der Waals surface area (Å²) in [7, 11) is 0. The first-order valence-electron chi connectivity index (χ1n) is 8.59. The van der Waals surface area contributed by atoms with Crippen molar-refractivity contribution in [3.63, 3.8) is 0 Å². The van der Waals surface area contributed by atoms with Crippen LogP contribution in [0.25, 0.3) is 0 Å². The van der Waals surface area contributed by atoms with Crippen molar-refractivity contribution < 1.29 is 18.0 Å². The van der Waals surface area contributed by atoms with Crippen molar-refractivity contribution in [3.05, 3.63) is 80.8 Å². The Bertz CT molecular complexity index is 1220. The van der Waals surface area contributed by atoms with Crippen LogP contribution >= 0.6 is 0 Å². The molecule has 0 unspecified atom stereocenters. The average Bonchev–Trinajstić information content (AvgIpc) is 3.00. The van der Waals surface area contributed by atoms with Crippen molar-refractivity contribution in [3.8, 4) is 0 Å². The normalized spacial score (nSPS) is 18.0. The zero-order chi connectivity index (χ0) is 21.5. The SMILES string of the molecule is O=C1Nc2c(c(=O)[nH]c(=O)n2Cc2ccccc2)[C@@]1(Nc1ncccn1)C(F)(F)F. The van der Waals surface area contributed by atoms with E-state index in [0.717, 1.165) is 4.57 Å². The number of alkyl halides is 3. The third-order valence-electron chi connectivity index (χ3n) is 4.62. The number of halogens is 3. The van der Waals surface area contributed by atoms with Gasteiger partial charge in [0.2, 0.25) is 5.95 Å². The lowest BCUT2D eigenvalue weighted by Gasteiger charge is -2.29. The predicted octanol–water partition coefficient (Wildman–Crippen LogP) is 1.20. The number of benzene rings is 1. The summed E-state index contributed by atoms with van der Waals surface area (Å²) < 4.78 is 43.6. The van der Waals surface area contributed by atoms with Crippen molar-refractivity contribution in [2.24, 2.45) is 0 Å². The van der Waals surface area contributed by atoms with Crippen LogP contribution in [0.2, 0.25) is 0 Å². The number of nitrogens with zero attached hydrogens (tertiary/aromatic N) is 3. The smallest absolute Gasteiger partial charge is 0.328 e. The number of carbonyl (C=O) groups is 1. The van der Waals surface area contributed by atoms with E-state index in [2.05, 4.69) is 15.3 Å². The van der Waals surface area contributed by atoms with E-state index in [1.165, 1.54) is 18.5 Å². The van der Waals surface area contributed by atoms with Gasteiger partial charge >= 0.3 is 11.9 Å². The Morgan fingerprint density at radius 1 is 1.03 bits per heavy atom. The van der Waals surface area contributed by atoms with Crippen molar-refractivity contribution in [1.82, 2.24) is 19.5 Å². The molecule has 3 aromatic rings. The Balaban J connectivity index is 1.95. The maximum Gasteiger partial charge on any atom is 0.425 e. The van der Waals surface area contributed by atoms with E-state index in [4.69, 9.17) is 0 Å². The number of anilines is 2. The fourth-order valence-corrected chi connectivity index (χ4v) is 3.27. The van der Waals surface area contributed by atoms with E-state index < -0.39 is 46.2 Å². The van der Waals surface area contributed by atoms with Crippen LogP contribution < -0.4 is 21.9 Å². The van der Waals surface area contributed by atoms with Gasteiger partial charge in [-0.25, -0.2) is 14.8 Å². The minimum Gasteiger partial charge on any atom is -0.328 e. The minimum absolute atomic E-state index is 0.172. The molecule has 1 atom stereocenters. The van der Waals surface area contributed by atoms with Crippen molar-refractivity contribution in [2.75, 3.05) is 10.6 Å². The first-order valence-corrected chi connectivity index (χ1v) is 8.59. The molecule has 0 saturated heterocycles. The van der Waals surface area contributed by atoms with Crippen molar-refractivity contribution in [2.45, 2.75) is 18.3 Å². The van der Waals surface area contributed by atoms with Crippen LogP contribution in [0, 0.1) is 0 Å². The molecule has 0 saturated carbocycles. The van der Waals surface area contributed by atoms with E-state index in [0.29, 0.717) is 5.56 Å². The van der Waals surface area contributed by atoms with Gasteiger partial charge in [-0.2, -0.15) is 13.2 Å². The zero-order valence-electron chi connectivity index (χ0n) is 15.0. The maximum atomic E-state index is 14.3. The van der Waals surface area contributed by atoms with E-state index >= 15 is 0 Å². The van der Waals surface area contributed by atoms with Crippen LogP contribution in [0.15, 0.2) is 58.4 Å². The second kappa shape index (κ2) is 6.83. The standard InChI is InChI=1S/C18H13F3N6O3/c19-18(20,21)17(26-15-22-7-4-8-23-15)11-12(24-14(17)29)27(16(30)25-13(11)28)9-10-5-2-1-3-6-10/h1-8H,9H2,(H,24,29)(H,22,23,26)(H,25,28,30)/t17-/m0/s1. The van der Waals surface area contributed by atoms with Crippen LogP contribution in [0.1, 0.15) is 11.1 Å². The number of fused-ring (bicyclic) bond motifs is 1. The molecule has 0 fully saturated rings. The number of amides is 1. The number of hydrogen-bond acceptors (Lipinski definition) is 6. The van der Waals surface area contributed by atoms with Gasteiger partial charge in [-0.1, -0.05) is 30.3 Å². The quantitative estimate of drug-likeness (QED) is 0.585. The second-order valence-electron chi connectivity index (χ2n) is 6.45. The number of H-pyrrole nitrogens is 1. The molecule has 9 nitrogen and oxygen atoms in total. The summed E-state index contributed by atoms with van der Waals surface area (Å²) in [6.45, 7) is -0.172. The average molecular weight is 418 g/mol. The van der Waals surface area contributed by atoms with Crippen LogP contribution in [0.3, 0.4) is 0 Å². The molecule has 2 aromatic heterocycles. The molecule has 3 heterocycles. The molecule has 0 bridgehead atoms. The first kappa shape index (κ1) is 19.4. The Morgan fingerprint density at radius 3 is 2.33 bits per heavy atom. The molecular formula is C18H13F3N6O3. The molecule has 154 valence electrons. The molecule has 30 heavy (non-hydrogen) atoms. The monoisotopic (exact) mass is 418 g/mol.